The van der Waals surface area contributed by atoms with E-state index in [0.717, 1.165) is 12.0 Å². The van der Waals surface area contributed by atoms with Gasteiger partial charge in [0.15, 0.2) is 0 Å². The summed E-state index contributed by atoms with van der Waals surface area (Å²) in [5, 5.41) is 2.54. The lowest BCUT2D eigenvalue weighted by atomic mass is 9.75. The largest absolute Gasteiger partial charge is 0.333 e. The Morgan fingerprint density at radius 2 is 1.46 bits per heavy atom. The quantitative estimate of drug-likeness (QED) is 0.174. The SMILES string of the molecule is C=C1C2=CCC(C3=CC4c5ccccc5N(c5ccccc5)C4C=C3)C=C2C(C)(C)/C1=C/C(=C\C)c1ccc2c(c1)c1ccccc1n2-c1ccccc1. The third kappa shape index (κ3) is 4.93. The number of hydrogen-bond acceptors (Lipinski definition) is 1. The molecular formula is C52H44N2. The second kappa shape index (κ2) is 12.5. The van der Waals surface area contributed by atoms with Gasteiger partial charge in [0, 0.05) is 45.1 Å². The first-order valence-corrected chi connectivity index (χ1v) is 19.4. The molecule has 0 bridgehead atoms. The second-order valence-electron chi connectivity index (χ2n) is 15.7. The molecule has 0 N–H and O–H groups in total. The van der Waals surface area contributed by atoms with Crippen molar-refractivity contribution in [1.29, 1.82) is 0 Å². The maximum absolute atomic E-state index is 4.73. The standard InChI is InChI=1S/C52H44N2/c1-5-35(36-25-28-50-44(30-36)42-20-12-14-22-48(42)53(50)39-16-8-6-9-17-39)32-46-34(2)41-27-24-38(33-47(41)52(46,3)4)37-26-29-51-45(31-37)43-21-13-15-23-49(43)54(51)40-18-10-7-11-19-40/h5-23,25-33,38,45,51H,2,24H2,1,3-4H3/b35-5+,46-32+. The fourth-order valence-electron chi connectivity index (χ4n) is 9.72. The molecule has 4 aliphatic rings. The van der Waals surface area contributed by atoms with Crippen molar-refractivity contribution < 1.29 is 0 Å². The van der Waals surface area contributed by atoms with E-state index in [1.807, 2.05) is 0 Å². The highest BCUT2D eigenvalue weighted by Crippen LogP contribution is 2.56. The van der Waals surface area contributed by atoms with E-state index in [-0.39, 0.29) is 11.5 Å². The molecule has 1 saturated carbocycles. The maximum Gasteiger partial charge on any atom is 0.0629 e. The zero-order valence-corrected chi connectivity index (χ0v) is 31.2. The summed E-state index contributed by atoms with van der Waals surface area (Å²) in [4.78, 5) is 2.51. The molecule has 2 heteroatoms. The van der Waals surface area contributed by atoms with Crippen molar-refractivity contribution >= 4 is 38.8 Å². The Bertz CT molecular complexity index is 2690. The lowest BCUT2D eigenvalue weighted by Crippen LogP contribution is -2.29. The van der Waals surface area contributed by atoms with Gasteiger partial charge in [-0.05, 0) is 106 Å². The molecule has 0 spiro atoms. The summed E-state index contributed by atoms with van der Waals surface area (Å²) in [6.07, 6.45) is 18.1. The highest BCUT2D eigenvalue weighted by atomic mass is 15.2. The highest BCUT2D eigenvalue weighted by molar-refractivity contribution is 6.10. The Morgan fingerprint density at radius 1 is 0.759 bits per heavy atom. The van der Waals surface area contributed by atoms with Crippen LogP contribution in [-0.2, 0) is 0 Å². The predicted octanol–water partition coefficient (Wildman–Crippen LogP) is 13.4. The summed E-state index contributed by atoms with van der Waals surface area (Å²) >= 11 is 0. The van der Waals surface area contributed by atoms with Crippen molar-refractivity contribution in [3.05, 3.63) is 215 Å². The number of aromatic nitrogens is 1. The van der Waals surface area contributed by atoms with E-state index >= 15 is 0 Å². The van der Waals surface area contributed by atoms with Crippen LogP contribution in [0.1, 0.15) is 44.2 Å². The lowest BCUT2D eigenvalue weighted by Gasteiger charge is -2.32. The van der Waals surface area contributed by atoms with Crippen molar-refractivity contribution in [2.45, 2.75) is 39.2 Å². The predicted molar refractivity (Wildman–Crippen MR) is 228 cm³/mol. The molecule has 5 aromatic carbocycles. The summed E-state index contributed by atoms with van der Waals surface area (Å²) in [5.74, 6) is 0.652. The maximum atomic E-state index is 4.73. The summed E-state index contributed by atoms with van der Waals surface area (Å²) in [5.41, 5.74) is 16.5. The third-order valence-electron chi connectivity index (χ3n) is 12.4. The zero-order chi connectivity index (χ0) is 36.6. The topological polar surface area (TPSA) is 8.17 Å². The Labute approximate surface area is 318 Å². The Kier molecular flexibility index (Phi) is 7.52. The van der Waals surface area contributed by atoms with E-state index in [9.17, 15) is 0 Å². The van der Waals surface area contributed by atoms with Gasteiger partial charge in [-0.2, -0.15) is 0 Å². The molecule has 1 fully saturated rings. The molecule has 0 saturated heterocycles. The van der Waals surface area contributed by atoms with Gasteiger partial charge in [0.2, 0.25) is 0 Å². The van der Waals surface area contributed by atoms with Crippen molar-refractivity contribution in [2.24, 2.45) is 11.3 Å². The normalized spacial score (nSPS) is 22.3. The molecule has 54 heavy (non-hydrogen) atoms. The number of rotatable bonds is 5. The first kappa shape index (κ1) is 32.5. The van der Waals surface area contributed by atoms with Crippen LogP contribution in [0.5, 0.6) is 0 Å². The molecule has 0 amide bonds. The first-order chi connectivity index (χ1) is 26.4. The summed E-state index contributed by atoms with van der Waals surface area (Å²) < 4.78 is 2.38. The van der Waals surface area contributed by atoms with Crippen LogP contribution in [0.3, 0.4) is 0 Å². The van der Waals surface area contributed by atoms with Crippen LogP contribution in [0.15, 0.2) is 204 Å². The van der Waals surface area contributed by atoms with Gasteiger partial charge in [0.05, 0.1) is 17.1 Å². The number of nitrogens with zero attached hydrogens (tertiary/aromatic N) is 2. The van der Waals surface area contributed by atoms with E-state index in [2.05, 4.69) is 200 Å². The molecule has 1 aliphatic heterocycles. The number of allylic oxidation sites excluding steroid dienone is 11. The lowest BCUT2D eigenvalue weighted by molar-refractivity contribution is 0.569. The molecule has 2 nitrogen and oxygen atoms in total. The average molecular weight is 697 g/mol. The van der Waals surface area contributed by atoms with Crippen molar-refractivity contribution in [3.63, 3.8) is 0 Å². The van der Waals surface area contributed by atoms with Gasteiger partial charge in [0.25, 0.3) is 0 Å². The van der Waals surface area contributed by atoms with Gasteiger partial charge in [-0.15, -0.1) is 0 Å². The van der Waals surface area contributed by atoms with E-state index in [0.29, 0.717) is 11.8 Å². The van der Waals surface area contributed by atoms with Crippen LogP contribution in [0.2, 0.25) is 0 Å². The van der Waals surface area contributed by atoms with Gasteiger partial charge < -0.3 is 9.47 Å². The van der Waals surface area contributed by atoms with Crippen LogP contribution in [0.4, 0.5) is 11.4 Å². The van der Waals surface area contributed by atoms with E-state index in [1.54, 1.807) is 0 Å². The highest BCUT2D eigenvalue weighted by Gasteiger charge is 2.43. The van der Waals surface area contributed by atoms with Gasteiger partial charge >= 0.3 is 0 Å². The van der Waals surface area contributed by atoms with Crippen molar-refractivity contribution in [1.82, 2.24) is 4.57 Å². The van der Waals surface area contributed by atoms with Crippen LogP contribution >= 0.6 is 0 Å². The average Bonchev–Trinajstić information content (AvgIpc) is 3.79. The van der Waals surface area contributed by atoms with E-state index < -0.39 is 0 Å². The van der Waals surface area contributed by atoms with Crippen molar-refractivity contribution in [2.75, 3.05) is 4.90 Å². The van der Waals surface area contributed by atoms with Crippen LogP contribution < -0.4 is 4.90 Å². The van der Waals surface area contributed by atoms with Crippen LogP contribution in [-0.4, -0.2) is 10.6 Å². The first-order valence-electron chi connectivity index (χ1n) is 19.4. The fourth-order valence-corrected chi connectivity index (χ4v) is 9.72. The molecule has 6 aromatic rings. The van der Waals surface area contributed by atoms with E-state index in [1.165, 1.54) is 77.9 Å². The zero-order valence-electron chi connectivity index (χ0n) is 31.2. The summed E-state index contributed by atoms with van der Waals surface area (Å²) in [6.45, 7) is 11.7. The molecular weight excluding hydrogens is 653 g/mol. The van der Waals surface area contributed by atoms with Crippen molar-refractivity contribution in [3.8, 4) is 5.69 Å². The number of fused-ring (bicyclic) bond motifs is 7. The Morgan fingerprint density at radius 3 is 2.26 bits per heavy atom. The van der Waals surface area contributed by atoms with Gasteiger partial charge in [-0.1, -0.05) is 142 Å². The number of benzene rings is 5. The molecule has 0 radical (unpaired) electrons. The minimum atomic E-state index is -0.172. The smallest absolute Gasteiger partial charge is 0.0629 e. The monoisotopic (exact) mass is 696 g/mol. The summed E-state index contributed by atoms with van der Waals surface area (Å²) in [7, 11) is 0. The van der Waals surface area contributed by atoms with Gasteiger partial charge in [-0.25, -0.2) is 0 Å². The second-order valence-corrected chi connectivity index (χ2v) is 15.7. The minimum absolute atomic E-state index is 0.172. The number of para-hydroxylation sites is 4. The number of anilines is 2. The molecule has 3 unspecified atom stereocenters. The molecule has 3 aliphatic carbocycles. The minimum Gasteiger partial charge on any atom is -0.333 e. The molecule has 1 aromatic heterocycles. The van der Waals surface area contributed by atoms with Gasteiger partial charge in [0.1, 0.15) is 0 Å². The Balaban J connectivity index is 0.985. The third-order valence-corrected chi connectivity index (χ3v) is 12.4. The fraction of sp³-hybridized carbons (Fsp3) is 0.154. The Hall–Kier alpha value is -6.12. The summed E-state index contributed by atoms with van der Waals surface area (Å²) in [6, 6.07) is 46.5. The molecule has 262 valence electrons. The van der Waals surface area contributed by atoms with Crippen LogP contribution in [0.25, 0.3) is 33.1 Å². The molecule has 3 atom stereocenters. The van der Waals surface area contributed by atoms with Crippen LogP contribution in [0, 0.1) is 11.3 Å². The van der Waals surface area contributed by atoms with E-state index in [4.69, 9.17) is 6.58 Å². The molecule has 10 rings (SSSR count). The van der Waals surface area contributed by atoms with Gasteiger partial charge in [-0.3, -0.25) is 0 Å². The number of hydrogen-bond donors (Lipinski definition) is 0. The molecule has 2 heterocycles.